The molecule has 0 unspecified atom stereocenters. The first-order valence-corrected chi connectivity index (χ1v) is 8.84. The Kier molecular flexibility index (Phi) is 6.48. The zero-order valence-corrected chi connectivity index (χ0v) is 15.0. The second kappa shape index (κ2) is 9.47. The summed E-state index contributed by atoms with van der Waals surface area (Å²) in [6, 6.07) is 22.2. The van der Waals surface area contributed by atoms with Gasteiger partial charge in [-0.2, -0.15) is 0 Å². The van der Waals surface area contributed by atoms with Crippen molar-refractivity contribution in [3.63, 3.8) is 0 Å². The van der Waals surface area contributed by atoms with Gasteiger partial charge in [0.05, 0.1) is 26.0 Å². The maximum atomic E-state index is 5.96. The van der Waals surface area contributed by atoms with Crippen molar-refractivity contribution in [3.8, 4) is 11.5 Å². The number of ether oxygens (including phenoxy) is 2. The first-order valence-electron chi connectivity index (χ1n) is 8.84. The van der Waals surface area contributed by atoms with E-state index in [-0.39, 0.29) is 0 Å². The van der Waals surface area contributed by atoms with E-state index in [1.165, 1.54) is 5.56 Å². The number of hydrogen-bond donors (Lipinski definition) is 1. The summed E-state index contributed by atoms with van der Waals surface area (Å²) < 4.78 is 11.4. The van der Waals surface area contributed by atoms with Crippen molar-refractivity contribution in [2.75, 3.05) is 19.0 Å². The monoisotopic (exact) mass is 348 g/mol. The van der Waals surface area contributed by atoms with Crippen LogP contribution in [0.15, 0.2) is 72.9 Å². The Morgan fingerprint density at radius 1 is 0.923 bits per heavy atom. The summed E-state index contributed by atoms with van der Waals surface area (Å²) in [6.07, 6.45) is 3.76. The molecule has 26 heavy (non-hydrogen) atoms. The van der Waals surface area contributed by atoms with E-state index in [0.29, 0.717) is 13.2 Å². The normalized spacial score (nSPS) is 10.3. The first-order chi connectivity index (χ1) is 12.8. The number of pyridine rings is 1. The van der Waals surface area contributed by atoms with E-state index in [1.807, 2.05) is 42.5 Å². The Labute approximate surface area is 154 Å². The summed E-state index contributed by atoms with van der Waals surface area (Å²) in [5, 5.41) is 3.37. The van der Waals surface area contributed by atoms with Crippen LogP contribution < -0.4 is 14.8 Å². The number of nitrogens with zero attached hydrogens (tertiary/aromatic N) is 1. The lowest BCUT2D eigenvalue weighted by Gasteiger charge is -2.13. The SMILES string of the molecule is COc1ccc(NCc2ccccn2)cc1OCCCc1ccccc1. The van der Waals surface area contributed by atoms with Gasteiger partial charge in [-0.1, -0.05) is 36.4 Å². The molecule has 0 spiro atoms. The van der Waals surface area contributed by atoms with Gasteiger partial charge in [0.15, 0.2) is 11.5 Å². The molecule has 134 valence electrons. The minimum Gasteiger partial charge on any atom is -0.493 e. The number of rotatable bonds is 9. The highest BCUT2D eigenvalue weighted by molar-refractivity contribution is 5.54. The largest absolute Gasteiger partial charge is 0.493 e. The molecule has 0 saturated carbocycles. The van der Waals surface area contributed by atoms with Crippen LogP contribution in [0.5, 0.6) is 11.5 Å². The van der Waals surface area contributed by atoms with Crippen molar-refractivity contribution in [1.29, 1.82) is 0 Å². The third-order valence-electron chi connectivity index (χ3n) is 4.07. The van der Waals surface area contributed by atoms with Crippen LogP contribution in [0.2, 0.25) is 0 Å². The minimum absolute atomic E-state index is 0.648. The topological polar surface area (TPSA) is 43.4 Å². The molecule has 0 aliphatic heterocycles. The third-order valence-corrected chi connectivity index (χ3v) is 4.07. The van der Waals surface area contributed by atoms with Crippen molar-refractivity contribution >= 4 is 5.69 Å². The van der Waals surface area contributed by atoms with Crippen molar-refractivity contribution in [2.24, 2.45) is 0 Å². The Bertz CT molecular complexity index is 792. The second-order valence-corrected chi connectivity index (χ2v) is 5.98. The number of benzene rings is 2. The molecule has 0 amide bonds. The number of aryl methyl sites for hydroxylation is 1. The van der Waals surface area contributed by atoms with Gasteiger partial charge in [-0.05, 0) is 42.7 Å². The number of hydrogen-bond acceptors (Lipinski definition) is 4. The molecule has 2 aromatic carbocycles. The molecule has 1 heterocycles. The van der Waals surface area contributed by atoms with Crippen LogP contribution in [0.1, 0.15) is 17.7 Å². The van der Waals surface area contributed by atoms with E-state index >= 15 is 0 Å². The van der Waals surface area contributed by atoms with Gasteiger partial charge < -0.3 is 14.8 Å². The maximum absolute atomic E-state index is 5.96. The highest BCUT2D eigenvalue weighted by atomic mass is 16.5. The molecule has 4 nitrogen and oxygen atoms in total. The molecule has 0 bridgehead atoms. The van der Waals surface area contributed by atoms with Gasteiger partial charge in [-0.25, -0.2) is 0 Å². The molecule has 4 heteroatoms. The van der Waals surface area contributed by atoms with Crippen molar-refractivity contribution in [3.05, 3.63) is 84.2 Å². The van der Waals surface area contributed by atoms with E-state index < -0.39 is 0 Å². The number of methoxy groups -OCH3 is 1. The fraction of sp³-hybridized carbons (Fsp3) is 0.227. The lowest BCUT2D eigenvalue weighted by molar-refractivity contribution is 0.289. The first kappa shape index (κ1) is 17.8. The molecule has 3 aromatic rings. The van der Waals surface area contributed by atoms with Crippen molar-refractivity contribution in [2.45, 2.75) is 19.4 Å². The smallest absolute Gasteiger partial charge is 0.163 e. The molecule has 0 radical (unpaired) electrons. The molecule has 3 rings (SSSR count). The zero-order valence-electron chi connectivity index (χ0n) is 15.0. The summed E-state index contributed by atoms with van der Waals surface area (Å²) in [5.41, 5.74) is 3.30. The maximum Gasteiger partial charge on any atom is 0.163 e. The molecular weight excluding hydrogens is 324 g/mol. The number of aromatic nitrogens is 1. The molecular formula is C22H24N2O2. The van der Waals surface area contributed by atoms with E-state index in [2.05, 4.69) is 34.6 Å². The van der Waals surface area contributed by atoms with Crippen LogP contribution in [0.4, 0.5) is 5.69 Å². The van der Waals surface area contributed by atoms with Crippen molar-refractivity contribution in [1.82, 2.24) is 4.98 Å². The van der Waals surface area contributed by atoms with Crippen LogP contribution in [-0.4, -0.2) is 18.7 Å². The van der Waals surface area contributed by atoms with Gasteiger partial charge >= 0.3 is 0 Å². The van der Waals surface area contributed by atoms with Crippen LogP contribution in [0.3, 0.4) is 0 Å². The van der Waals surface area contributed by atoms with Crippen LogP contribution in [0.25, 0.3) is 0 Å². The Balaban J connectivity index is 1.55. The lowest BCUT2D eigenvalue weighted by atomic mass is 10.1. The summed E-state index contributed by atoms with van der Waals surface area (Å²) in [7, 11) is 1.66. The Morgan fingerprint density at radius 3 is 2.54 bits per heavy atom. The summed E-state index contributed by atoms with van der Waals surface area (Å²) in [4.78, 5) is 4.32. The number of nitrogens with one attached hydrogen (secondary N) is 1. The lowest BCUT2D eigenvalue weighted by Crippen LogP contribution is -2.04. The summed E-state index contributed by atoms with van der Waals surface area (Å²) in [5.74, 6) is 1.50. The van der Waals surface area contributed by atoms with Crippen LogP contribution in [-0.2, 0) is 13.0 Å². The van der Waals surface area contributed by atoms with Gasteiger partial charge in [0.1, 0.15) is 0 Å². The van der Waals surface area contributed by atoms with E-state index in [9.17, 15) is 0 Å². The molecule has 0 atom stereocenters. The van der Waals surface area contributed by atoms with Crippen molar-refractivity contribution < 1.29 is 9.47 Å². The molecule has 0 aliphatic carbocycles. The van der Waals surface area contributed by atoms with Crippen LogP contribution in [0, 0.1) is 0 Å². The molecule has 0 aliphatic rings. The molecule has 1 N–H and O–H groups in total. The van der Waals surface area contributed by atoms with Gasteiger partial charge in [0, 0.05) is 18.0 Å². The average Bonchev–Trinajstić information content (AvgIpc) is 2.71. The molecule has 1 aromatic heterocycles. The van der Waals surface area contributed by atoms with E-state index in [0.717, 1.165) is 35.7 Å². The van der Waals surface area contributed by atoms with Gasteiger partial charge in [0.2, 0.25) is 0 Å². The van der Waals surface area contributed by atoms with Gasteiger partial charge in [0.25, 0.3) is 0 Å². The minimum atomic E-state index is 0.648. The predicted molar refractivity (Wildman–Crippen MR) is 105 cm³/mol. The quantitative estimate of drug-likeness (QED) is 0.569. The number of anilines is 1. The highest BCUT2D eigenvalue weighted by Crippen LogP contribution is 2.30. The predicted octanol–water partition coefficient (Wildman–Crippen LogP) is 4.71. The highest BCUT2D eigenvalue weighted by Gasteiger charge is 2.06. The van der Waals surface area contributed by atoms with E-state index in [1.54, 1.807) is 13.3 Å². The van der Waals surface area contributed by atoms with Crippen LogP contribution >= 0.6 is 0 Å². The summed E-state index contributed by atoms with van der Waals surface area (Å²) >= 11 is 0. The average molecular weight is 348 g/mol. The van der Waals surface area contributed by atoms with E-state index in [4.69, 9.17) is 9.47 Å². The standard InChI is InChI=1S/C22H24N2O2/c1-25-21-13-12-19(24-17-20-11-5-6-14-23-20)16-22(21)26-15-7-10-18-8-3-2-4-9-18/h2-6,8-9,11-14,16,24H,7,10,15,17H2,1H3. The Morgan fingerprint density at radius 2 is 1.77 bits per heavy atom. The zero-order chi connectivity index (χ0) is 18.0. The molecule has 0 saturated heterocycles. The Hall–Kier alpha value is -3.01. The van der Waals surface area contributed by atoms with Gasteiger partial charge in [-0.3, -0.25) is 4.98 Å². The second-order valence-electron chi connectivity index (χ2n) is 5.98. The molecule has 0 fully saturated rings. The third kappa shape index (κ3) is 5.24. The van der Waals surface area contributed by atoms with Gasteiger partial charge in [-0.15, -0.1) is 0 Å². The fourth-order valence-corrected chi connectivity index (χ4v) is 2.70. The fourth-order valence-electron chi connectivity index (χ4n) is 2.70. The summed E-state index contributed by atoms with van der Waals surface area (Å²) in [6.45, 7) is 1.32.